The third-order valence-corrected chi connectivity index (χ3v) is 5.03. The predicted octanol–water partition coefficient (Wildman–Crippen LogP) is 1.17. The number of hydrazine groups is 1. The number of aliphatic hydroxyl groups excluding tert-OH is 3. The van der Waals surface area contributed by atoms with Crippen LogP contribution in [0.5, 0.6) is 0 Å². The molecule has 2 heterocycles. The van der Waals surface area contributed by atoms with Crippen LogP contribution in [0, 0.1) is 5.92 Å². The zero-order valence-corrected chi connectivity index (χ0v) is 16.0. The largest absolute Gasteiger partial charge is 0.390 e. The molecule has 0 aliphatic heterocycles. The average Bonchev–Trinajstić information content (AvgIpc) is 3.29. The number of nitrogens with one attached hydrogen (secondary N) is 1. The van der Waals surface area contributed by atoms with Crippen LogP contribution >= 0.6 is 11.6 Å². The Morgan fingerprint density at radius 1 is 1.18 bits per heavy atom. The highest BCUT2D eigenvalue weighted by Crippen LogP contribution is 2.36. The van der Waals surface area contributed by atoms with Gasteiger partial charge in [0.2, 0.25) is 0 Å². The zero-order valence-electron chi connectivity index (χ0n) is 15.3. The Morgan fingerprint density at radius 2 is 1.89 bits per heavy atom. The van der Waals surface area contributed by atoms with Gasteiger partial charge in [0.05, 0.1) is 24.6 Å². The molecule has 4 atom stereocenters. The summed E-state index contributed by atoms with van der Waals surface area (Å²) in [4.78, 5) is 14.8. The maximum atomic E-state index is 10.1. The van der Waals surface area contributed by atoms with Crippen LogP contribution in [-0.2, 0) is 0 Å². The Hall–Kier alpha value is -2.30. The highest BCUT2D eigenvalue weighted by molar-refractivity contribution is 6.30. The first kappa shape index (κ1) is 20.4. The van der Waals surface area contributed by atoms with Crippen LogP contribution in [0.2, 0.25) is 5.02 Å². The summed E-state index contributed by atoms with van der Waals surface area (Å²) in [5.41, 5.74) is 2.10. The summed E-state index contributed by atoms with van der Waals surface area (Å²) in [5, 5.41) is 31.3. The summed E-state index contributed by atoms with van der Waals surface area (Å²) in [6.07, 6.45) is 1.86. The molecule has 28 heavy (non-hydrogen) atoms. The van der Waals surface area contributed by atoms with Crippen LogP contribution in [0.25, 0.3) is 11.2 Å². The van der Waals surface area contributed by atoms with Crippen molar-refractivity contribution >= 4 is 28.6 Å². The van der Waals surface area contributed by atoms with E-state index in [1.54, 1.807) is 37.6 Å². The molecule has 1 aliphatic carbocycles. The van der Waals surface area contributed by atoms with E-state index in [4.69, 9.17) is 17.4 Å². The first-order chi connectivity index (χ1) is 13.4. The van der Waals surface area contributed by atoms with Crippen molar-refractivity contribution < 1.29 is 15.3 Å². The van der Waals surface area contributed by atoms with Gasteiger partial charge in [0, 0.05) is 18.0 Å². The highest BCUT2D eigenvalue weighted by Gasteiger charge is 2.38. The number of fused-ring (bicyclic) bond motifs is 1. The third-order valence-electron chi connectivity index (χ3n) is 4.78. The van der Waals surface area contributed by atoms with Gasteiger partial charge in [-0.25, -0.2) is 20.8 Å². The number of H-pyrrole nitrogens is 1. The van der Waals surface area contributed by atoms with Gasteiger partial charge in [-0.05, 0) is 30.5 Å². The minimum atomic E-state index is -0.842. The minimum absolute atomic E-state index is 0.295. The molecule has 0 saturated heterocycles. The Balaban J connectivity index is 0.000000167. The summed E-state index contributed by atoms with van der Waals surface area (Å²) in [6.45, 7) is 0. The lowest BCUT2D eigenvalue weighted by Crippen LogP contribution is -2.28. The molecule has 1 saturated carbocycles. The monoisotopic (exact) mass is 406 g/mol. The Labute approximate surface area is 166 Å². The van der Waals surface area contributed by atoms with Crippen LogP contribution < -0.4 is 10.9 Å². The van der Waals surface area contributed by atoms with E-state index in [0.29, 0.717) is 29.3 Å². The van der Waals surface area contributed by atoms with Crippen molar-refractivity contribution in [3.63, 3.8) is 0 Å². The number of hydrogen-bond acceptors (Lipinski definition) is 8. The molecule has 0 spiro atoms. The number of benzene rings is 1. The number of aliphatic hydroxyl groups is 3. The molecule has 10 heteroatoms. The topological polar surface area (TPSA) is 144 Å². The summed E-state index contributed by atoms with van der Waals surface area (Å²) in [7, 11) is 1.71. The van der Waals surface area contributed by atoms with Crippen LogP contribution in [0.1, 0.15) is 24.5 Å². The molecule has 0 bridgehead atoms. The summed E-state index contributed by atoms with van der Waals surface area (Å²) in [5.74, 6) is 5.88. The van der Waals surface area contributed by atoms with Gasteiger partial charge in [-0.2, -0.15) is 0 Å². The number of imidazole rings is 1. The number of halogens is 1. The number of rotatable bonds is 3. The average molecular weight is 407 g/mol. The minimum Gasteiger partial charge on any atom is -0.390 e. The Bertz CT molecular complexity index is 904. The zero-order chi connectivity index (χ0) is 20.3. The number of hydrogen-bond donors (Lipinski definition) is 5. The molecule has 0 radical (unpaired) electrons. The van der Waals surface area contributed by atoms with Gasteiger partial charge in [-0.3, -0.25) is 5.01 Å². The number of anilines is 1. The molecule has 1 aliphatic rings. The van der Waals surface area contributed by atoms with Crippen molar-refractivity contribution in [1.82, 2.24) is 19.9 Å². The van der Waals surface area contributed by atoms with Gasteiger partial charge in [-0.15, -0.1) is 0 Å². The predicted molar refractivity (Wildman–Crippen MR) is 105 cm³/mol. The molecular formula is C18H23ClN6O3. The van der Waals surface area contributed by atoms with Crippen molar-refractivity contribution in [3.8, 4) is 0 Å². The van der Waals surface area contributed by atoms with Gasteiger partial charge in [0.25, 0.3) is 0 Å². The second-order valence-corrected chi connectivity index (χ2v) is 7.14. The lowest BCUT2D eigenvalue weighted by molar-refractivity contribution is -0.0210. The van der Waals surface area contributed by atoms with E-state index in [-0.39, 0.29) is 5.92 Å². The van der Waals surface area contributed by atoms with Crippen molar-refractivity contribution in [3.05, 3.63) is 47.5 Å². The fourth-order valence-electron chi connectivity index (χ4n) is 3.26. The van der Waals surface area contributed by atoms with E-state index >= 15 is 0 Å². The van der Waals surface area contributed by atoms with Gasteiger partial charge in [-0.1, -0.05) is 23.7 Å². The standard InChI is InChI=1S/C12H15ClO3.C6H8N6/c13-8-3-1-7(2-4-8)11(15)9-5-6-10(14)12(9)16;1-12(7)6-4-5(9-2-8-4)10-3-11-6/h1-4,9-12,14-16H,5-6H2;2-3H,7H2,1H3,(H,8,9,10,11). The lowest BCUT2D eigenvalue weighted by Gasteiger charge is -2.22. The summed E-state index contributed by atoms with van der Waals surface area (Å²) in [6, 6.07) is 6.89. The number of nitrogens with two attached hydrogens (primary N) is 1. The lowest BCUT2D eigenvalue weighted by atomic mass is 9.92. The van der Waals surface area contributed by atoms with Gasteiger partial charge < -0.3 is 20.3 Å². The van der Waals surface area contributed by atoms with Gasteiger partial charge >= 0.3 is 0 Å². The molecular weight excluding hydrogens is 384 g/mol. The molecule has 0 amide bonds. The maximum Gasteiger partial charge on any atom is 0.182 e. The summed E-state index contributed by atoms with van der Waals surface area (Å²) < 4.78 is 0. The first-order valence-electron chi connectivity index (χ1n) is 8.80. The fraction of sp³-hybridized carbons (Fsp3) is 0.389. The van der Waals surface area contributed by atoms with Crippen LogP contribution in [-0.4, -0.2) is 54.5 Å². The number of aromatic nitrogens is 4. The SMILES string of the molecule is CN(N)c1ncnc2nc[nH]c12.OC1CCC(C(O)c2ccc(Cl)cc2)C1O. The van der Waals surface area contributed by atoms with Crippen molar-refractivity contribution in [2.75, 3.05) is 12.1 Å². The van der Waals surface area contributed by atoms with E-state index in [1.807, 2.05) is 0 Å². The van der Waals surface area contributed by atoms with Crippen LogP contribution in [0.3, 0.4) is 0 Å². The van der Waals surface area contributed by atoms with Crippen molar-refractivity contribution in [1.29, 1.82) is 0 Å². The van der Waals surface area contributed by atoms with E-state index in [9.17, 15) is 15.3 Å². The smallest absolute Gasteiger partial charge is 0.182 e. The normalized spacial score (nSPS) is 22.6. The molecule has 6 N–H and O–H groups in total. The molecule has 150 valence electrons. The second kappa shape index (κ2) is 8.80. The highest BCUT2D eigenvalue weighted by atomic mass is 35.5. The van der Waals surface area contributed by atoms with Gasteiger partial charge in [0.15, 0.2) is 11.5 Å². The van der Waals surface area contributed by atoms with E-state index in [0.717, 1.165) is 11.1 Å². The third kappa shape index (κ3) is 4.40. The number of nitrogens with zero attached hydrogens (tertiary/aromatic N) is 4. The Morgan fingerprint density at radius 3 is 2.50 bits per heavy atom. The molecule has 4 rings (SSSR count). The van der Waals surface area contributed by atoms with Crippen LogP contribution in [0.4, 0.5) is 5.82 Å². The second-order valence-electron chi connectivity index (χ2n) is 6.70. The molecule has 1 fully saturated rings. The van der Waals surface area contributed by atoms with E-state index in [2.05, 4.69) is 19.9 Å². The van der Waals surface area contributed by atoms with Crippen molar-refractivity contribution in [2.45, 2.75) is 31.2 Å². The van der Waals surface area contributed by atoms with Gasteiger partial charge in [0.1, 0.15) is 11.8 Å². The molecule has 4 unspecified atom stereocenters. The Kier molecular flexibility index (Phi) is 6.42. The molecule has 3 aromatic rings. The van der Waals surface area contributed by atoms with Crippen molar-refractivity contribution in [2.24, 2.45) is 11.8 Å². The molecule has 2 aromatic heterocycles. The quantitative estimate of drug-likeness (QED) is 0.322. The molecule has 1 aromatic carbocycles. The first-order valence-corrected chi connectivity index (χ1v) is 9.18. The van der Waals surface area contributed by atoms with E-state index in [1.165, 1.54) is 11.3 Å². The maximum absolute atomic E-state index is 10.1. The van der Waals surface area contributed by atoms with E-state index < -0.39 is 18.3 Å². The molecule has 9 nitrogen and oxygen atoms in total. The number of aromatic amines is 1. The summed E-state index contributed by atoms with van der Waals surface area (Å²) >= 11 is 5.76. The fourth-order valence-corrected chi connectivity index (χ4v) is 3.39. The van der Waals surface area contributed by atoms with Crippen LogP contribution in [0.15, 0.2) is 36.9 Å².